The fourth-order valence-corrected chi connectivity index (χ4v) is 3.63. The Morgan fingerprint density at radius 2 is 1.80 bits per heavy atom. The smallest absolute Gasteiger partial charge is 0.251 e. The third-order valence-corrected chi connectivity index (χ3v) is 5.63. The average Bonchev–Trinajstić information content (AvgIpc) is 2.63. The maximum atomic E-state index is 12.5. The minimum absolute atomic E-state index is 0.175. The van der Waals surface area contributed by atoms with E-state index in [0.717, 1.165) is 18.4 Å². The van der Waals surface area contributed by atoms with Gasteiger partial charge in [0, 0.05) is 35.8 Å². The SMILES string of the molecule is O=C(NCC1(c2cccc(Cl)c2)CCOCC1)c1ccc(Cl)c(Cl)c1. The van der Waals surface area contributed by atoms with E-state index in [1.165, 1.54) is 0 Å². The predicted octanol–water partition coefficient (Wildman–Crippen LogP) is 5.13. The number of benzene rings is 2. The van der Waals surface area contributed by atoms with E-state index in [4.69, 9.17) is 39.5 Å². The summed E-state index contributed by atoms with van der Waals surface area (Å²) < 4.78 is 5.52. The molecule has 1 amide bonds. The fraction of sp³-hybridized carbons (Fsp3) is 0.316. The van der Waals surface area contributed by atoms with Gasteiger partial charge in [-0.15, -0.1) is 0 Å². The molecule has 0 saturated carbocycles. The summed E-state index contributed by atoms with van der Waals surface area (Å²) in [7, 11) is 0. The first-order valence-electron chi connectivity index (χ1n) is 8.07. The van der Waals surface area contributed by atoms with E-state index in [1.54, 1.807) is 18.2 Å². The molecule has 2 aromatic rings. The minimum atomic E-state index is -0.185. The van der Waals surface area contributed by atoms with Crippen LogP contribution in [0.2, 0.25) is 15.1 Å². The highest BCUT2D eigenvalue weighted by molar-refractivity contribution is 6.42. The standard InChI is InChI=1S/C19H18Cl3NO2/c20-15-3-1-2-14(11-15)19(6-8-25-9-7-19)12-23-18(24)13-4-5-16(21)17(22)10-13/h1-5,10-11H,6-9,12H2,(H,23,24). The summed E-state index contributed by atoms with van der Waals surface area (Å²) in [4.78, 5) is 12.5. The van der Waals surface area contributed by atoms with Crippen LogP contribution in [0.1, 0.15) is 28.8 Å². The molecule has 0 unspecified atom stereocenters. The summed E-state index contributed by atoms with van der Waals surface area (Å²) in [5.41, 5.74) is 1.43. The second-order valence-corrected chi connectivity index (χ2v) is 7.47. The molecule has 0 aliphatic carbocycles. The van der Waals surface area contributed by atoms with E-state index in [2.05, 4.69) is 11.4 Å². The van der Waals surface area contributed by atoms with Gasteiger partial charge in [-0.3, -0.25) is 4.79 Å². The Hall–Kier alpha value is -1.26. The highest BCUT2D eigenvalue weighted by atomic mass is 35.5. The molecule has 1 N–H and O–H groups in total. The number of hydrogen-bond acceptors (Lipinski definition) is 2. The molecule has 1 saturated heterocycles. The number of carbonyl (C=O) groups excluding carboxylic acids is 1. The van der Waals surface area contributed by atoms with Gasteiger partial charge in [-0.25, -0.2) is 0 Å². The van der Waals surface area contributed by atoms with Crippen molar-refractivity contribution < 1.29 is 9.53 Å². The van der Waals surface area contributed by atoms with Gasteiger partial charge in [-0.1, -0.05) is 46.9 Å². The minimum Gasteiger partial charge on any atom is -0.381 e. The Labute approximate surface area is 162 Å². The molecule has 0 radical (unpaired) electrons. The van der Waals surface area contributed by atoms with E-state index >= 15 is 0 Å². The average molecular weight is 399 g/mol. The van der Waals surface area contributed by atoms with Crippen molar-refractivity contribution in [2.75, 3.05) is 19.8 Å². The Balaban J connectivity index is 1.79. The van der Waals surface area contributed by atoms with Crippen molar-refractivity contribution in [3.8, 4) is 0 Å². The van der Waals surface area contributed by atoms with Crippen molar-refractivity contribution in [3.63, 3.8) is 0 Å². The lowest BCUT2D eigenvalue weighted by Crippen LogP contribution is -2.44. The largest absolute Gasteiger partial charge is 0.381 e. The van der Waals surface area contributed by atoms with Gasteiger partial charge in [-0.2, -0.15) is 0 Å². The van der Waals surface area contributed by atoms with Crippen LogP contribution in [0.15, 0.2) is 42.5 Å². The Morgan fingerprint density at radius 1 is 1.04 bits per heavy atom. The topological polar surface area (TPSA) is 38.3 Å². The molecule has 1 aliphatic rings. The van der Waals surface area contributed by atoms with Gasteiger partial charge in [-0.05, 0) is 48.7 Å². The van der Waals surface area contributed by atoms with Crippen LogP contribution in [0.3, 0.4) is 0 Å². The normalized spacial score (nSPS) is 16.4. The highest BCUT2D eigenvalue weighted by Crippen LogP contribution is 2.35. The molecule has 0 aromatic heterocycles. The number of amides is 1. The van der Waals surface area contributed by atoms with Crippen LogP contribution < -0.4 is 5.32 Å². The molecule has 1 aliphatic heterocycles. The van der Waals surface area contributed by atoms with Gasteiger partial charge in [0.25, 0.3) is 5.91 Å². The lowest BCUT2D eigenvalue weighted by molar-refractivity contribution is 0.0487. The first-order valence-corrected chi connectivity index (χ1v) is 9.21. The molecular weight excluding hydrogens is 381 g/mol. The summed E-state index contributed by atoms with van der Waals surface area (Å²) >= 11 is 18.1. The van der Waals surface area contributed by atoms with Gasteiger partial charge < -0.3 is 10.1 Å². The van der Waals surface area contributed by atoms with Gasteiger partial charge in [0.2, 0.25) is 0 Å². The van der Waals surface area contributed by atoms with Crippen molar-refractivity contribution in [3.05, 3.63) is 68.7 Å². The summed E-state index contributed by atoms with van der Waals surface area (Å²) in [6.07, 6.45) is 1.66. The number of halogens is 3. The molecule has 1 heterocycles. The molecule has 2 aromatic carbocycles. The predicted molar refractivity (Wildman–Crippen MR) is 102 cm³/mol. The van der Waals surface area contributed by atoms with Gasteiger partial charge in [0.05, 0.1) is 10.0 Å². The van der Waals surface area contributed by atoms with E-state index < -0.39 is 0 Å². The maximum Gasteiger partial charge on any atom is 0.251 e. The summed E-state index contributed by atoms with van der Waals surface area (Å²) in [6.45, 7) is 1.83. The van der Waals surface area contributed by atoms with Gasteiger partial charge in [0.1, 0.15) is 0 Å². The van der Waals surface area contributed by atoms with Crippen LogP contribution in [-0.4, -0.2) is 25.7 Å². The van der Waals surface area contributed by atoms with Gasteiger partial charge >= 0.3 is 0 Å². The zero-order valence-electron chi connectivity index (χ0n) is 13.5. The molecule has 25 heavy (non-hydrogen) atoms. The number of carbonyl (C=O) groups is 1. The summed E-state index contributed by atoms with van der Waals surface area (Å²) in [5.74, 6) is -0.175. The lowest BCUT2D eigenvalue weighted by Gasteiger charge is -2.38. The van der Waals surface area contributed by atoms with E-state index in [0.29, 0.717) is 40.4 Å². The zero-order valence-corrected chi connectivity index (χ0v) is 15.8. The summed E-state index contributed by atoms with van der Waals surface area (Å²) in [5, 5.41) is 4.52. The van der Waals surface area contributed by atoms with Crippen molar-refractivity contribution in [2.45, 2.75) is 18.3 Å². The third-order valence-electron chi connectivity index (χ3n) is 4.66. The van der Waals surface area contributed by atoms with Crippen molar-refractivity contribution in [1.82, 2.24) is 5.32 Å². The fourth-order valence-electron chi connectivity index (χ4n) is 3.14. The molecule has 0 atom stereocenters. The molecule has 6 heteroatoms. The molecule has 3 rings (SSSR count). The first kappa shape index (κ1) is 18.5. The van der Waals surface area contributed by atoms with Crippen LogP contribution in [0, 0.1) is 0 Å². The van der Waals surface area contributed by atoms with Crippen LogP contribution in [0.25, 0.3) is 0 Å². The van der Waals surface area contributed by atoms with E-state index in [1.807, 2.05) is 18.2 Å². The second kappa shape index (κ2) is 7.96. The van der Waals surface area contributed by atoms with Gasteiger partial charge in [0.15, 0.2) is 0 Å². The van der Waals surface area contributed by atoms with E-state index in [-0.39, 0.29) is 11.3 Å². The van der Waals surface area contributed by atoms with Crippen LogP contribution in [-0.2, 0) is 10.2 Å². The number of nitrogens with one attached hydrogen (secondary N) is 1. The van der Waals surface area contributed by atoms with Crippen LogP contribution in [0.5, 0.6) is 0 Å². The third kappa shape index (κ3) is 4.29. The van der Waals surface area contributed by atoms with Crippen molar-refractivity contribution in [2.24, 2.45) is 0 Å². The Bertz CT molecular complexity index is 773. The highest BCUT2D eigenvalue weighted by Gasteiger charge is 2.35. The maximum absolute atomic E-state index is 12.5. The summed E-state index contributed by atoms with van der Waals surface area (Å²) in [6, 6.07) is 12.7. The van der Waals surface area contributed by atoms with Crippen LogP contribution in [0.4, 0.5) is 0 Å². The van der Waals surface area contributed by atoms with E-state index in [9.17, 15) is 4.79 Å². The van der Waals surface area contributed by atoms with Crippen molar-refractivity contribution in [1.29, 1.82) is 0 Å². The molecule has 0 bridgehead atoms. The monoisotopic (exact) mass is 397 g/mol. The molecule has 1 fully saturated rings. The van der Waals surface area contributed by atoms with Crippen molar-refractivity contribution >= 4 is 40.7 Å². The number of rotatable bonds is 4. The molecule has 3 nitrogen and oxygen atoms in total. The lowest BCUT2D eigenvalue weighted by atomic mass is 9.74. The molecular formula is C19H18Cl3NO2. The number of ether oxygens (including phenoxy) is 1. The second-order valence-electron chi connectivity index (χ2n) is 6.21. The van der Waals surface area contributed by atoms with Crippen LogP contribution >= 0.6 is 34.8 Å². The first-order chi connectivity index (χ1) is 12.0. The molecule has 132 valence electrons. The quantitative estimate of drug-likeness (QED) is 0.776. The number of hydrogen-bond donors (Lipinski definition) is 1. The Kier molecular flexibility index (Phi) is 5.90. The molecule has 0 spiro atoms. The zero-order chi connectivity index (χ0) is 17.9. The Morgan fingerprint density at radius 3 is 2.48 bits per heavy atom.